The van der Waals surface area contributed by atoms with Gasteiger partial charge in [0.05, 0.1) is 17.5 Å². The van der Waals surface area contributed by atoms with Gasteiger partial charge in [-0.3, -0.25) is 24.4 Å². The molecule has 4 rings (SSSR count). The number of aryl methyl sites for hydroxylation is 1. The molecule has 0 saturated carbocycles. The van der Waals surface area contributed by atoms with Crippen LogP contribution in [0.3, 0.4) is 0 Å². The normalized spacial score (nSPS) is 11.1. The van der Waals surface area contributed by atoms with Gasteiger partial charge in [0.25, 0.3) is 11.5 Å². The fraction of sp³-hybridized carbons (Fsp3) is 0.105. The van der Waals surface area contributed by atoms with Gasteiger partial charge in [-0.2, -0.15) is 0 Å². The highest BCUT2D eigenvalue weighted by atomic mass is 16.1. The molecule has 8 heteroatoms. The van der Waals surface area contributed by atoms with Crippen molar-refractivity contribution >= 4 is 22.6 Å². The van der Waals surface area contributed by atoms with Crippen molar-refractivity contribution in [3.05, 3.63) is 81.5 Å². The quantitative estimate of drug-likeness (QED) is 0.529. The van der Waals surface area contributed by atoms with Crippen LogP contribution in [-0.2, 0) is 6.54 Å². The summed E-state index contributed by atoms with van der Waals surface area (Å²) in [5, 5.41) is 8.67. The first-order chi connectivity index (χ1) is 13.0. The van der Waals surface area contributed by atoms with E-state index in [4.69, 9.17) is 11.1 Å². The summed E-state index contributed by atoms with van der Waals surface area (Å²) in [7, 11) is 0. The summed E-state index contributed by atoms with van der Waals surface area (Å²) in [5.74, 6) is -0.765. The van der Waals surface area contributed by atoms with Crippen molar-refractivity contribution in [2.45, 2.75) is 13.5 Å². The van der Waals surface area contributed by atoms with E-state index in [1.54, 1.807) is 36.8 Å². The van der Waals surface area contributed by atoms with Gasteiger partial charge in [0.2, 0.25) is 0 Å². The monoisotopic (exact) mass is 360 g/mol. The number of nitrogens with one attached hydrogen (secondary N) is 1. The number of hydrogen-bond acceptors (Lipinski definition) is 5. The Kier molecular flexibility index (Phi) is 3.80. The molecule has 0 aromatic carbocycles. The van der Waals surface area contributed by atoms with Crippen molar-refractivity contribution in [3.8, 4) is 0 Å². The molecule has 134 valence electrons. The van der Waals surface area contributed by atoms with E-state index < -0.39 is 5.91 Å². The van der Waals surface area contributed by atoms with E-state index >= 15 is 0 Å². The van der Waals surface area contributed by atoms with E-state index in [0.29, 0.717) is 11.3 Å². The minimum atomic E-state index is -0.765. The molecule has 0 aliphatic heterocycles. The number of fused-ring (bicyclic) bond motifs is 2. The first kappa shape index (κ1) is 16.6. The van der Waals surface area contributed by atoms with Crippen LogP contribution in [0.1, 0.15) is 21.5 Å². The van der Waals surface area contributed by atoms with Crippen LogP contribution in [0.2, 0.25) is 0 Å². The lowest BCUT2D eigenvalue weighted by atomic mass is 10.1. The Bertz CT molecular complexity index is 1320. The fourth-order valence-electron chi connectivity index (χ4n) is 3.11. The first-order valence-corrected chi connectivity index (χ1v) is 8.26. The number of carbonyl (C=O) groups is 1. The molecule has 4 aromatic rings. The number of aromatic nitrogens is 4. The van der Waals surface area contributed by atoms with Crippen molar-refractivity contribution in [1.29, 1.82) is 5.41 Å². The molecule has 0 aliphatic rings. The van der Waals surface area contributed by atoms with Crippen LogP contribution >= 0.6 is 0 Å². The predicted molar refractivity (Wildman–Crippen MR) is 99.4 cm³/mol. The van der Waals surface area contributed by atoms with Crippen LogP contribution in [0.15, 0.2) is 53.7 Å². The number of carbonyl (C=O) groups excluding carboxylic acids is 1. The summed E-state index contributed by atoms with van der Waals surface area (Å²) in [6.45, 7) is 2.12. The van der Waals surface area contributed by atoms with Crippen LogP contribution in [-0.4, -0.2) is 24.8 Å². The lowest BCUT2D eigenvalue weighted by Gasteiger charge is -2.14. The first-order valence-electron chi connectivity index (χ1n) is 8.26. The van der Waals surface area contributed by atoms with Crippen molar-refractivity contribution in [2.75, 3.05) is 0 Å². The third kappa shape index (κ3) is 2.67. The molecule has 0 spiro atoms. The molecular formula is C19H16N6O2. The van der Waals surface area contributed by atoms with Crippen LogP contribution < -0.4 is 16.8 Å². The highest BCUT2D eigenvalue weighted by Gasteiger charge is 2.16. The van der Waals surface area contributed by atoms with E-state index in [0.717, 1.165) is 11.1 Å². The fourth-order valence-corrected chi connectivity index (χ4v) is 3.11. The minimum Gasteiger partial charge on any atom is -0.365 e. The van der Waals surface area contributed by atoms with Crippen LogP contribution in [0, 0.1) is 12.3 Å². The van der Waals surface area contributed by atoms with Gasteiger partial charge in [0.15, 0.2) is 0 Å². The molecule has 0 radical (unpaired) electrons. The minimum absolute atomic E-state index is 0.0249. The predicted octanol–water partition coefficient (Wildman–Crippen LogP) is 0.979. The van der Waals surface area contributed by atoms with E-state index in [-0.39, 0.29) is 28.5 Å². The summed E-state index contributed by atoms with van der Waals surface area (Å²) in [6, 6.07) is 8.58. The Hall–Kier alpha value is -3.81. The number of nitrogens with zero attached hydrogens (tertiary/aromatic N) is 4. The standard InChI is InChI=1S/C19H16N6O2/c1-11-3-2-8-24-17(11)23-18-14(19(24)27)9-13(16(21)26)15(20)25(18)10-12-4-6-22-7-5-12/h2-9,20H,10H2,1H3,(H2,21,26). The number of amides is 1. The van der Waals surface area contributed by atoms with Gasteiger partial charge in [-0.1, -0.05) is 6.07 Å². The zero-order valence-electron chi connectivity index (χ0n) is 14.5. The van der Waals surface area contributed by atoms with Crippen LogP contribution in [0.5, 0.6) is 0 Å². The molecule has 27 heavy (non-hydrogen) atoms. The molecule has 0 atom stereocenters. The van der Waals surface area contributed by atoms with Crippen molar-refractivity contribution in [3.63, 3.8) is 0 Å². The third-order valence-corrected chi connectivity index (χ3v) is 4.49. The molecule has 0 bridgehead atoms. The number of pyridine rings is 3. The molecule has 8 nitrogen and oxygen atoms in total. The maximum atomic E-state index is 13.0. The highest BCUT2D eigenvalue weighted by Crippen LogP contribution is 2.13. The van der Waals surface area contributed by atoms with Gasteiger partial charge >= 0.3 is 0 Å². The molecule has 0 fully saturated rings. The summed E-state index contributed by atoms with van der Waals surface area (Å²) in [4.78, 5) is 33.5. The number of nitrogens with two attached hydrogens (primary N) is 1. The smallest absolute Gasteiger partial charge is 0.267 e. The lowest BCUT2D eigenvalue weighted by Crippen LogP contribution is -2.32. The second-order valence-corrected chi connectivity index (χ2v) is 6.25. The summed E-state index contributed by atoms with van der Waals surface area (Å²) < 4.78 is 2.96. The molecule has 0 aliphatic carbocycles. The van der Waals surface area contributed by atoms with E-state index in [1.807, 2.05) is 13.0 Å². The van der Waals surface area contributed by atoms with Crippen LogP contribution in [0.4, 0.5) is 0 Å². The van der Waals surface area contributed by atoms with Gasteiger partial charge in [0.1, 0.15) is 16.8 Å². The maximum absolute atomic E-state index is 13.0. The number of hydrogen-bond donors (Lipinski definition) is 2. The molecule has 0 unspecified atom stereocenters. The zero-order chi connectivity index (χ0) is 19.1. The molecule has 4 heterocycles. The Balaban J connectivity index is 2.16. The van der Waals surface area contributed by atoms with E-state index in [2.05, 4.69) is 9.97 Å². The Labute approximate surface area is 153 Å². The van der Waals surface area contributed by atoms with Crippen LogP contribution in [0.25, 0.3) is 16.7 Å². The lowest BCUT2D eigenvalue weighted by molar-refractivity contribution is 0.0998. The average Bonchev–Trinajstić information content (AvgIpc) is 2.66. The van der Waals surface area contributed by atoms with E-state index in [1.165, 1.54) is 15.0 Å². The maximum Gasteiger partial charge on any atom is 0.267 e. The molecular weight excluding hydrogens is 344 g/mol. The van der Waals surface area contributed by atoms with Crippen molar-refractivity contribution in [1.82, 2.24) is 18.9 Å². The number of primary amides is 1. The van der Waals surface area contributed by atoms with Gasteiger partial charge in [-0.25, -0.2) is 4.98 Å². The molecule has 3 N–H and O–H groups in total. The van der Waals surface area contributed by atoms with E-state index in [9.17, 15) is 9.59 Å². The van der Waals surface area contributed by atoms with Gasteiger partial charge in [0, 0.05) is 18.6 Å². The molecule has 4 aromatic heterocycles. The summed E-state index contributed by atoms with van der Waals surface area (Å²) >= 11 is 0. The Morgan fingerprint density at radius 2 is 1.96 bits per heavy atom. The van der Waals surface area contributed by atoms with Gasteiger partial charge in [-0.05, 0) is 42.3 Å². The Morgan fingerprint density at radius 3 is 2.67 bits per heavy atom. The average molecular weight is 360 g/mol. The molecule has 0 saturated heterocycles. The SMILES string of the molecule is Cc1cccn2c(=O)c3cc(C(N)=O)c(=N)n(Cc4ccncc4)c3nc12. The van der Waals surface area contributed by atoms with Gasteiger partial charge in [-0.15, -0.1) is 0 Å². The van der Waals surface area contributed by atoms with Crippen molar-refractivity contribution < 1.29 is 4.79 Å². The second-order valence-electron chi connectivity index (χ2n) is 6.25. The Morgan fingerprint density at radius 1 is 1.22 bits per heavy atom. The topological polar surface area (TPSA) is 119 Å². The third-order valence-electron chi connectivity index (χ3n) is 4.49. The number of rotatable bonds is 3. The summed E-state index contributed by atoms with van der Waals surface area (Å²) in [6.07, 6.45) is 4.91. The molecule has 1 amide bonds. The summed E-state index contributed by atoms with van der Waals surface area (Å²) in [5.41, 5.74) is 7.55. The van der Waals surface area contributed by atoms with Gasteiger partial charge < -0.3 is 10.3 Å². The highest BCUT2D eigenvalue weighted by molar-refractivity contribution is 5.95. The van der Waals surface area contributed by atoms with Crippen molar-refractivity contribution in [2.24, 2.45) is 5.73 Å². The second kappa shape index (κ2) is 6.17. The zero-order valence-corrected chi connectivity index (χ0v) is 14.5. The largest absolute Gasteiger partial charge is 0.365 e.